The molecule has 2 saturated heterocycles. The van der Waals surface area contributed by atoms with E-state index in [2.05, 4.69) is 0 Å². The van der Waals surface area contributed by atoms with Crippen LogP contribution in [0.15, 0.2) is 24.3 Å². The minimum Gasteiger partial charge on any atom is -0.361 e. The third-order valence-electron chi connectivity index (χ3n) is 4.90. The van der Waals surface area contributed by atoms with Gasteiger partial charge in [0.1, 0.15) is 18.0 Å². The molecular weight excluding hydrogens is 368 g/mol. The van der Waals surface area contributed by atoms with Gasteiger partial charge in [-0.25, -0.2) is 4.39 Å². The van der Waals surface area contributed by atoms with E-state index in [0.29, 0.717) is 25.1 Å². The molecule has 1 aromatic carbocycles. The van der Waals surface area contributed by atoms with Gasteiger partial charge in [0.2, 0.25) is 5.91 Å². The summed E-state index contributed by atoms with van der Waals surface area (Å²) in [6.45, 7) is 0.476. The number of rotatable bonds is 3. The number of hydrogen-bond donors (Lipinski definition) is 0. The normalized spacial score (nSPS) is 23.8. The number of ether oxygens (including phenoxy) is 1. The van der Waals surface area contributed by atoms with E-state index in [4.69, 9.17) is 4.74 Å². The maximum absolute atomic E-state index is 13.1. The van der Waals surface area contributed by atoms with Gasteiger partial charge in [0.15, 0.2) is 0 Å². The number of piperidine rings is 1. The minimum absolute atomic E-state index is 0.134. The number of nitrogens with zero attached hydrogens (tertiary/aromatic N) is 2. The first kappa shape index (κ1) is 19.6. The lowest BCUT2D eigenvalue weighted by atomic mass is 9.90. The number of amides is 2. The highest BCUT2D eigenvalue weighted by molar-refractivity contribution is 5.95. The zero-order valence-corrected chi connectivity index (χ0v) is 14.6. The number of hydrogen-bond acceptors (Lipinski definition) is 3. The third kappa shape index (κ3) is 4.77. The minimum atomic E-state index is -4.38. The molecule has 3 rings (SSSR count). The number of alkyl halides is 3. The zero-order valence-electron chi connectivity index (χ0n) is 14.6. The number of anilines is 1. The Bertz CT molecular complexity index is 708. The van der Waals surface area contributed by atoms with Crippen LogP contribution in [-0.4, -0.2) is 54.7 Å². The van der Waals surface area contributed by atoms with Gasteiger partial charge >= 0.3 is 6.18 Å². The molecule has 5 nitrogen and oxygen atoms in total. The molecule has 148 valence electrons. The first-order chi connectivity index (χ1) is 12.7. The molecule has 9 heteroatoms. The number of likely N-dealkylation sites (tertiary alicyclic amines) is 1. The molecule has 2 fully saturated rings. The summed E-state index contributed by atoms with van der Waals surface area (Å²) >= 11 is 0. The molecule has 1 atom stereocenters. The van der Waals surface area contributed by atoms with Gasteiger partial charge in [0, 0.05) is 18.7 Å². The number of carbonyl (C=O) groups is 2. The largest absolute Gasteiger partial charge is 0.389 e. The molecule has 1 aromatic rings. The standard InChI is InChI=1S/C18H20F4N2O3/c19-13-2-4-14(5-3-13)24-12-17(27-10-16(24)26)7-1-9-23(11-17)15(25)6-8-18(20,21)22/h2-5H,1,6-12H2. The number of carbonyl (C=O) groups excluding carboxylic acids is 2. The molecule has 27 heavy (non-hydrogen) atoms. The Kier molecular flexibility index (Phi) is 5.41. The maximum atomic E-state index is 13.1. The first-order valence-electron chi connectivity index (χ1n) is 8.72. The van der Waals surface area contributed by atoms with Crippen LogP contribution < -0.4 is 4.90 Å². The Morgan fingerprint density at radius 3 is 2.56 bits per heavy atom. The highest BCUT2D eigenvalue weighted by Gasteiger charge is 2.44. The summed E-state index contributed by atoms with van der Waals surface area (Å²) in [4.78, 5) is 27.3. The van der Waals surface area contributed by atoms with Gasteiger partial charge in [-0.05, 0) is 37.1 Å². The molecule has 2 aliphatic heterocycles. The SMILES string of the molecule is O=C(CCC(F)(F)F)N1CCCC2(C1)CN(c1ccc(F)cc1)C(=O)CO2. The van der Waals surface area contributed by atoms with Gasteiger partial charge in [0.25, 0.3) is 5.91 Å². The molecule has 0 saturated carbocycles. The summed E-state index contributed by atoms with van der Waals surface area (Å²) in [6.07, 6.45) is -4.98. The van der Waals surface area contributed by atoms with Crippen molar-refractivity contribution >= 4 is 17.5 Å². The second kappa shape index (κ2) is 7.46. The monoisotopic (exact) mass is 388 g/mol. The maximum Gasteiger partial charge on any atom is 0.389 e. The van der Waals surface area contributed by atoms with E-state index in [1.165, 1.54) is 34.1 Å². The lowest BCUT2D eigenvalue weighted by molar-refractivity contribution is -0.159. The highest BCUT2D eigenvalue weighted by Crippen LogP contribution is 2.32. The first-order valence-corrected chi connectivity index (χ1v) is 8.72. The third-order valence-corrected chi connectivity index (χ3v) is 4.90. The lowest BCUT2D eigenvalue weighted by Gasteiger charge is -2.47. The predicted octanol–water partition coefficient (Wildman–Crippen LogP) is 2.89. The molecule has 2 aliphatic rings. The van der Waals surface area contributed by atoms with Crippen LogP contribution in [0.1, 0.15) is 25.7 Å². The van der Waals surface area contributed by atoms with E-state index in [0.717, 1.165) is 0 Å². The van der Waals surface area contributed by atoms with E-state index in [1.54, 1.807) is 0 Å². The summed E-state index contributed by atoms with van der Waals surface area (Å²) in [5.41, 5.74) is -0.307. The van der Waals surface area contributed by atoms with Gasteiger partial charge in [-0.3, -0.25) is 9.59 Å². The Morgan fingerprint density at radius 2 is 1.89 bits per heavy atom. The molecule has 0 radical (unpaired) electrons. The fourth-order valence-electron chi connectivity index (χ4n) is 3.54. The van der Waals surface area contributed by atoms with E-state index in [-0.39, 0.29) is 25.6 Å². The summed E-state index contributed by atoms with van der Waals surface area (Å²) in [5.74, 6) is -1.28. The van der Waals surface area contributed by atoms with Crippen LogP contribution in [0.4, 0.5) is 23.2 Å². The van der Waals surface area contributed by atoms with Crippen molar-refractivity contribution in [2.45, 2.75) is 37.5 Å². The average molecular weight is 388 g/mol. The van der Waals surface area contributed by atoms with Crippen LogP contribution in [0, 0.1) is 5.82 Å². The number of morpholine rings is 1. The van der Waals surface area contributed by atoms with Crippen molar-refractivity contribution in [1.29, 1.82) is 0 Å². The van der Waals surface area contributed by atoms with Crippen molar-refractivity contribution in [3.63, 3.8) is 0 Å². The number of benzene rings is 1. The Balaban J connectivity index is 1.70. The van der Waals surface area contributed by atoms with Crippen molar-refractivity contribution < 1.29 is 31.9 Å². The van der Waals surface area contributed by atoms with E-state index < -0.39 is 36.3 Å². The molecular formula is C18H20F4N2O3. The van der Waals surface area contributed by atoms with Crippen molar-refractivity contribution in [2.75, 3.05) is 31.1 Å². The summed E-state index contributed by atoms with van der Waals surface area (Å²) in [6, 6.07) is 5.47. The van der Waals surface area contributed by atoms with Crippen LogP contribution in [0.2, 0.25) is 0 Å². The summed E-state index contributed by atoms with van der Waals surface area (Å²) in [7, 11) is 0. The topological polar surface area (TPSA) is 49.9 Å². The summed E-state index contributed by atoms with van der Waals surface area (Å²) < 4.78 is 56.0. The van der Waals surface area contributed by atoms with Crippen molar-refractivity contribution in [3.8, 4) is 0 Å². The fourth-order valence-corrected chi connectivity index (χ4v) is 3.54. The van der Waals surface area contributed by atoms with Gasteiger partial charge in [0.05, 0.1) is 19.5 Å². The molecule has 0 bridgehead atoms. The van der Waals surface area contributed by atoms with Gasteiger partial charge < -0.3 is 14.5 Å². The van der Waals surface area contributed by atoms with Crippen molar-refractivity contribution in [2.24, 2.45) is 0 Å². The van der Waals surface area contributed by atoms with Gasteiger partial charge in [-0.2, -0.15) is 13.2 Å². The van der Waals surface area contributed by atoms with Crippen LogP contribution in [0.25, 0.3) is 0 Å². The molecule has 1 unspecified atom stereocenters. The van der Waals surface area contributed by atoms with E-state index in [1.807, 2.05) is 0 Å². The molecule has 0 N–H and O–H groups in total. The van der Waals surface area contributed by atoms with Crippen LogP contribution in [-0.2, 0) is 14.3 Å². The van der Waals surface area contributed by atoms with Gasteiger partial charge in [-0.15, -0.1) is 0 Å². The molecule has 2 heterocycles. The van der Waals surface area contributed by atoms with E-state index in [9.17, 15) is 27.2 Å². The van der Waals surface area contributed by atoms with Crippen LogP contribution >= 0.6 is 0 Å². The van der Waals surface area contributed by atoms with Crippen LogP contribution in [0.5, 0.6) is 0 Å². The number of halogens is 4. The molecule has 2 amide bonds. The quantitative estimate of drug-likeness (QED) is 0.749. The molecule has 1 spiro atoms. The van der Waals surface area contributed by atoms with Crippen molar-refractivity contribution in [1.82, 2.24) is 4.90 Å². The van der Waals surface area contributed by atoms with E-state index >= 15 is 0 Å². The van der Waals surface area contributed by atoms with Gasteiger partial charge in [-0.1, -0.05) is 0 Å². The Morgan fingerprint density at radius 1 is 1.19 bits per heavy atom. The molecule has 0 aromatic heterocycles. The fraction of sp³-hybridized carbons (Fsp3) is 0.556. The Hall–Kier alpha value is -2.16. The highest BCUT2D eigenvalue weighted by atomic mass is 19.4. The average Bonchev–Trinajstić information content (AvgIpc) is 2.62. The smallest absolute Gasteiger partial charge is 0.361 e. The molecule has 0 aliphatic carbocycles. The zero-order chi connectivity index (χ0) is 19.7. The van der Waals surface area contributed by atoms with Crippen molar-refractivity contribution in [3.05, 3.63) is 30.1 Å². The Labute approximate surface area is 153 Å². The van der Waals surface area contributed by atoms with Crippen LogP contribution in [0.3, 0.4) is 0 Å². The summed E-state index contributed by atoms with van der Waals surface area (Å²) in [5, 5.41) is 0. The lowest BCUT2D eigenvalue weighted by Crippen LogP contribution is -2.62. The second-order valence-electron chi connectivity index (χ2n) is 6.96. The predicted molar refractivity (Wildman–Crippen MR) is 88.5 cm³/mol. The second-order valence-corrected chi connectivity index (χ2v) is 6.96.